The Hall–Kier alpha value is -2.11. The monoisotopic (exact) mass is 391 g/mol. The highest BCUT2D eigenvalue weighted by Gasteiger charge is 2.24. The fourth-order valence-electron chi connectivity index (χ4n) is 4.12. The molecular weight excluding hydrogens is 370 g/mol. The van der Waals surface area contributed by atoms with Gasteiger partial charge < -0.3 is 5.73 Å². The van der Waals surface area contributed by atoms with Gasteiger partial charge in [0.15, 0.2) is 5.16 Å². The molecule has 3 nitrogen and oxygen atoms in total. The summed E-state index contributed by atoms with van der Waals surface area (Å²) >= 11 is 3.48. The van der Waals surface area contributed by atoms with Crippen molar-refractivity contribution in [2.24, 2.45) is 0 Å². The molecule has 2 aromatic heterocycles. The molecule has 0 radical (unpaired) electrons. The van der Waals surface area contributed by atoms with Crippen LogP contribution in [0.3, 0.4) is 0 Å². The first-order valence-corrected chi connectivity index (χ1v) is 11.2. The van der Waals surface area contributed by atoms with Crippen molar-refractivity contribution >= 4 is 49.9 Å². The molecule has 1 aliphatic rings. The van der Waals surface area contributed by atoms with Gasteiger partial charge in [0.05, 0.1) is 5.39 Å². The maximum Gasteiger partial charge on any atom is 0.191 e. The zero-order chi connectivity index (χ0) is 18.4. The lowest BCUT2D eigenvalue weighted by Crippen LogP contribution is -2.05. The van der Waals surface area contributed by atoms with Gasteiger partial charge in [-0.15, -0.1) is 11.3 Å². The van der Waals surface area contributed by atoms with E-state index in [9.17, 15) is 0 Å². The van der Waals surface area contributed by atoms with Crippen LogP contribution in [-0.2, 0) is 12.2 Å². The highest BCUT2D eigenvalue weighted by atomic mass is 32.2. The maximum absolute atomic E-state index is 6.39. The molecule has 136 valence electrons. The Bertz CT molecular complexity index is 1140. The number of aryl methyl sites for hydroxylation is 1. The Balaban J connectivity index is 1.49. The molecule has 4 aromatic rings. The number of nitrogen functional groups attached to an aromatic ring is 1. The molecule has 1 atom stereocenters. The van der Waals surface area contributed by atoms with Gasteiger partial charge >= 0.3 is 0 Å². The summed E-state index contributed by atoms with van der Waals surface area (Å²) in [6.07, 6.45) is 3.64. The standard InChI is InChI=1S/C22H21N3S2/c1-13-6-4-11-17-18(13)19-20(23)24-22(25-21(19)27-17)26-12-15-9-5-8-14-7-2-3-10-16(14)15/h2-3,5,7-10,13H,4,6,11-12H2,1H3,(H2,23,24,25)/t13-/m1/s1. The van der Waals surface area contributed by atoms with Crippen molar-refractivity contribution in [1.82, 2.24) is 9.97 Å². The lowest BCUT2D eigenvalue weighted by atomic mass is 9.87. The Morgan fingerprint density at radius 3 is 2.93 bits per heavy atom. The third-order valence-corrected chi connectivity index (χ3v) is 7.50. The second-order valence-electron chi connectivity index (χ2n) is 7.23. The average molecular weight is 392 g/mol. The van der Waals surface area contributed by atoms with Crippen molar-refractivity contribution in [2.75, 3.05) is 5.73 Å². The van der Waals surface area contributed by atoms with E-state index in [0.29, 0.717) is 11.7 Å². The lowest BCUT2D eigenvalue weighted by Gasteiger charge is -2.18. The van der Waals surface area contributed by atoms with Gasteiger partial charge in [-0.1, -0.05) is 61.2 Å². The molecule has 1 aliphatic carbocycles. The predicted octanol–water partition coefficient (Wildman–Crippen LogP) is 6.16. The van der Waals surface area contributed by atoms with E-state index in [2.05, 4.69) is 54.4 Å². The number of thioether (sulfide) groups is 1. The number of nitrogens with two attached hydrogens (primary N) is 1. The highest BCUT2D eigenvalue weighted by Crippen LogP contribution is 2.43. The number of anilines is 1. The molecule has 2 heterocycles. The SMILES string of the molecule is C[C@@H]1CCCc2sc3nc(SCc4cccc5ccccc45)nc(N)c3c21. The Morgan fingerprint density at radius 1 is 1.15 bits per heavy atom. The molecule has 0 unspecified atom stereocenters. The van der Waals surface area contributed by atoms with Gasteiger partial charge in [0.2, 0.25) is 0 Å². The third-order valence-electron chi connectivity index (χ3n) is 5.44. The first kappa shape index (κ1) is 17.0. The molecule has 5 rings (SSSR count). The summed E-state index contributed by atoms with van der Waals surface area (Å²) in [4.78, 5) is 12.0. The molecule has 0 aliphatic heterocycles. The van der Waals surface area contributed by atoms with Crippen LogP contribution in [0, 0.1) is 0 Å². The van der Waals surface area contributed by atoms with Crippen LogP contribution in [0.25, 0.3) is 21.0 Å². The molecule has 2 N–H and O–H groups in total. The summed E-state index contributed by atoms with van der Waals surface area (Å²) in [5, 5.41) is 4.45. The topological polar surface area (TPSA) is 51.8 Å². The van der Waals surface area contributed by atoms with Gasteiger partial charge in [-0.25, -0.2) is 9.97 Å². The smallest absolute Gasteiger partial charge is 0.191 e. The number of fused-ring (bicyclic) bond motifs is 4. The van der Waals surface area contributed by atoms with Crippen molar-refractivity contribution in [2.45, 2.75) is 43.0 Å². The second kappa shape index (κ2) is 6.80. The Labute approximate surface area is 167 Å². The molecule has 27 heavy (non-hydrogen) atoms. The number of rotatable bonds is 3. The van der Waals surface area contributed by atoms with Crippen molar-refractivity contribution in [3.8, 4) is 0 Å². The summed E-state index contributed by atoms with van der Waals surface area (Å²) in [6, 6.07) is 15.0. The minimum atomic E-state index is 0.558. The molecule has 0 saturated carbocycles. The summed E-state index contributed by atoms with van der Waals surface area (Å²) in [7, 11) is 0. The summed E-state index contributed by atoms with van der Waals surface area (Å²) in [5.41, 5.74) is 9.10. The third kappa shape index (κ3) is 2.99. The quantitative estimate of drug-likeness (QED) is 0.336. The number of nitrogens with zero attached hydrogens (tertiary/aromatic N) is 2. The van der Waals surface area contributed by atoms with Crippen LogP contribution in [-0.4, -0.2) is 9.97 Å². The predicted molar refractivity (Wildman–Crippen MR) is 117 cm³/mol. The van der Waals surface area contributed by atoms with E-state index in [4.69, 9.17) is 10.7 Å². The summed E-state index contributed by atoms with van der Waals surface area (Å²) < 4.78 is 0. The zero-order valence-corrected chi connectivity index (χ0v) is 16.9. The molecular formula is C22H21N3S2. The van der Waals surface area contributed by atoms with E-state index in [1.807, 2.05) is 11.3 Å². The van der Waals surface area contributed by atoms with Crippen LogP contribution in [0.15, 0.2) is 47.6 Å². The van der Waals surface area contributed by atoms with Crippen molar-refractivity contribution in [1.29, 1.82) is 0 Å². The normalized spacial score (nSPS) is 16.7. The van der Waals surface area contributed by atoms with Gasteiger partial charge in [0, 0.05) is 10.6 Å². The van der Waals surface area contributed by atoms with E-state index >= 15 is 0 Å². The Morgan fingerprint density at radius 2 is 2.00 bits per heavy atom. The number of hydrogen-bond donors (Lipinski definition) is 1. The van der Waals surface area contributed by atoms with Gasteiger partial charge in [-0.3, -0.25) is 0 Å². The van der Waals surface area contributed by atoms with E-state index < -0.39 is 0 Å². The van der Waals surface area contributed by atoms with E-state index in [-0.39, 0.29) is 0 Å². The fraction of sp³-hybridized carbons (Fsp3) is 0.273. The van der Waals surface area contributed by atoms with E-state index in [0.717, 1.165) is 27.5 Å². The molecule has 0 saturated heterocycles. The van der Waals surface area contributed by atoms with E-state index in [1.54, 1.807) is 11.8 Å². The number of benzene rings is 2. The van der Waals surface area contributed by atoms with Crippen LogP contribution in [0.4, 0.5) is 5.82 Å². The second-order valence-corrected chi connectivity index (χ2v) is 9.26. The molecule has 5 heteroatoms. The number of hydrogen-bond acceptors (Lipinski definition) is 5. The minimum absolute atomic E-state index is 0.558. The molecule has 0 spiro atoms. The van der Waals surface area contributed by atoms with Crippen LogP contribution < -0.4 is 5.73 Å². The lowest BCUT2D eigenvalue weighted by molar-refractivity contribution is 0.602. The molecule has 2 aromatic carbocycles. The largest absolute Gasteiger partial charge is 0.383 e. The van der Waals surface area contributed by atoms with Crippen molar-refractivity contribution in [3.63, 3.8) is 0 Å². The fourth-order valence-corrected chi connectivity index (χ4v) is 6.37. The van der Waals surface area contributed by atoms with Crippen LogP contribution in [0.1, 0.15) is 41.7 Å². The van der Waals surface area contributed by atoms with Gasteiger partial charge in [-0.2, -0.15) is 0 Å². The van der Waals surface area contributed by atoms with Gasteiger partial charge in [-0.05, 0) is 47.1 Å². The van der Waals surface area contributed by atoms with Crippen LogP contribution in [0.2, 0.25) is 0 Å². The first-order valence-electron chi connectivity index (χ1n) is 9.39. The minimum Gasteiger partial charge on any atom is -0.383 e. The maximum atomic E-state index is 6.39. The van der Waals surface area contributed by atoms with E-state index in [1.165, 1.54) is 39.6 Å². The van der Waals surface area contributed by atoms with Crippen LogP contribution >= 0.6 is 23.1 Å². The molecule has 0 amide bonds. The van der Waals surface area contributed by atoms with Gasteiger partial charge in [0.25, 0.3) is 0 Å². The first-order chi connectivity index (χ1) is 13.2. The molecule has 0 bridgehead atoms. The van der Waals surface area contributed by atoms with Crippen molar-refractivity contribution in [3.05, 3.63) is 58.5 Å². The number of thiophene rings is 1. The molecule has 0 fully saturated rings. The highest BCUT2D eigenvalue weighted by molar-refractivity contribution is 7.98. The Kier molecular flexibility index (Phi) is 4.29. The number of aromatic nitrogens is 2. The average Bonchev–Trinajstić information content (AvgIpc) is 3.06. The summed E-state index contributed by atoms with van der Waals surface area (Å²) in [6.45, 7) is 2.30. The van der Waals surface area contributed by atoms with Gasteiger partial charge in [0.1, 0.15) is 10.6 Å². The zero-order valence-electron chi connectivity index (χ0n) is 15.2. The summed E-state index contributed by atoms with van der Waals surface area (Å²) in [5.74, 6) is 2.04. The van der Waals surface area contributed by atoms with Crippen LogP contribution in [0.5, 0.6) is 0 Å². The van der Waals surface area contributed by atoms with Crippen molar-refractivity contribution < 1.29 is 0 Å².